The van der Waals surface area contributed by atoms with Gasteiger partial charge < -0.3 is 18.8 Å². The smallest absolute Gasteiger partial charge is 0.276 e. The summed E-state index contributed by atoms with van der Waals surface area (Å²) in [6.45, 7) is 4.71. The fraction of sp³-hybridized carbons (Fsp3) is 0.444. The minimum atomic E-state index is -0.206. The molecule has 3 aromatic rings. The number of aromatic amines is 1. The summed E-state index contributed by atoms with van der Waals surface area (Å²) in [6.07, 6.45) is 1.03. The SMILES string of the molecule is Cc1cc(C(=O)N2CCc3c(C(=O)N(C)CCc4noc(C)n4)n[nH]c3C2)no1. The fourth-order valence-corrected chi connectivity index (χ4v) is 3.29. The molecule has 1 aliphatic rings. The van der Waals surface area contributed by atoms with Crippen molar-refractivity contribution in [2.75, 3.05) is 20.1 Å². The summed E-state index contributed by atoms with van der Waals surface area (Å²) in [6, 6.07) is 1.61. The number of aryl methyl sites for hydroxylation is 2. The van der Waals surface area contributed by atoms with E-state index in [4.69, 9.17) is 9.05 Å². The standard InChI is InChI=1S/C18H21N7O4/c1-10-8-13(22-28-10)17(26)25-7-4-12-14(9-25)20-21-16(12)18(27)24(3)6-5-15-19-11(2)29-23-15/h8H,4-7,9H2,1-3H3,(H,20,21). The summed E-state index contributed by atoms with van der Waals surface area (Å²) in [5.41, 5.74) is 2.27. The van der Waals surface area contributed by atoms with Gasteiger partial charge in [0.1, 0.15) is 5.76 Å². The van der Waals surface area contributed by atoms with Crippen molar-refractivity contribution in [1.82, 2.24) is 35.3 Å². The maximum atomic E-state index is 12.8. The Morgan fingerprint density at radius 2 is 2.10 bits per heavy atom. The van der Waals surface area contributed by atoms with E-state index in [1.807, 2.05) is 0 Å². The van der Waals surface area contributed by atoms with Gasteiger partial charge in [0.15, 0.2) is 17.2 Å². The van der Waals surface area contributed by atoms with Crippen molar-refractivity contribution in [1.29, 1.82) is 0 Å². The lowest BCUT2D eigenvalue weighted by atomic mass is 10.0. The molecule has 11 nitrogen and oxygen atoms in total. The number of likely N-dealkylation sites (N-methyl/N-ethyl adjacent to an activating group) is 1. The molecule has 4 rings (SSSR count). The molecule has 0 saturated carbocycles. The van der Waals surface area contributed by atoms with E-state index >= 15 is 0 Å². The first-order chi connectivity index (χ1) is 13.9. The van der Waals surface area contributed by atoms with Crippen molar-refractivity contribution < 1.29 is 18.6 Å². The van der Waals surface area contributed by atoms with E-state index in [-0.39, 0.29) is 17.5 Å². The van der Waals surface area contributed by atoms with Gasteiger partial charge in [0, 0.05) is 45.1 Å². The monoisotopic (exact) mass is 399 g/mol. The molecule has 1 N–H and O–H groups in total. The number of fused-ring (bicyclic) bond motifs is 1. The molecular weight excluding hydrogens is 378 g/mol. The zero-order valence-corrected chi connectivity index (χ0v) is 16.4. The second kappa shape index (κ2) is 7.49. The number of aromatic nitrogens is 5. The molecule has 0 bridgehead atoms. The van der Waals surface area contributed by atoms with E-state index in [1.54, 1.807) is 36.8 Å². The molecule has 0 fully saturated rings. The van der Waals surface area contributed by atoms with Crippen LogP contribution in [-0.2, 0) is 19.4 Å². The number of rotatable bonds is 5. The van der Waals surface area contributed by atoms with Crippen LogP contribution in [0.25, 0.3) is 0 Å². The van der Waals surface area contributed by atoms with Crippen LogP contribution in [0.5, 0.6) is 0 Å². The summed E-state index contributed by atoms with van der Waals surface area (Å²) < 4.78 is 9.92. The lowest BCUT2D eigenvalue weighted by Gasteiger charge is -2.26. The van der Waals surface area contributed by atoms with Gasteiger partial charge in [-0.3, -0.25) is 14.7 Å². The molecule has 0 aliphatic carbocycles. The third-order valence-electron chi connectivity index (χ3n) is 4.86. The summed E-state index contributed by atoms with van der Waals surface area (Å²) in [5, 5.41) is 14.7. The lowest BCUT2D eigenvalue weighted by molar-refractivity contribution is 0.0721. The number of hydrogen-bond donors (Lipinski definition) is 1. The Kier molecular flexibility index (Phi) is 4.87. The molecule has 0 aromatic carbocycles. The van der Waals surface area contributed by atoms with Crippen molar-refractivity contribution in [3.63, 3.8) is 0 Å². The number of hydrogen-bond acceptors (Lipinski definition) is 8. The molecule has 0 saturated heterocycles. The summed E-state index contributed by atoms with van der Waals surface area (Å²) >= 11 is 0. The van der Waals surface area contributed by atoms with Crippen LogP contribution in [0.4, 0.5) is 0 Å². The summed E-state index contributed by atoms with van der Waals surface area (Å²) in [7, 11) is 1.71. The Balaban J connectivity index is 1.42. The predicted octanol–water partition coefficient (Wildman–Crippen LogP) is 0.911. The minimum Gasteiger partial charge on any atom is -0.361 e. The van der Waals surface area contributed by atoms with Gasteiger partial charge in [-0.15, -0.1) is 0 Å². The third kappa shape index (κ3) is 3.75. The molecule has 11 heteroatoms. The average molecular weight is 399 g/mol. The third-order valence-corrected chi connectivity index (χ3v) is 4.86. The van der Waals surface area contributed by atoms with Crippen molar-refractivity contribution in [3.8, 4) is 0 Å². The van der Waals surface area contributed by atoms with E-state index in [9.17, 15) is 9.59 Å². The molecule has 29 heavy (non-hydrogen) atoms. The van der Waals surface area contributed by atoms with Gasteiger partial charge >= 0.3 is 0 Å². The normalized spacial score (nSPS) is 13.4. The number of nitrogens with zero attached hydrogens (tertiary/aromatic N) is 6. The highest BCUT2D eigenvalue weighted by Gasteiger charge is 2.30. The van der Waals surface area contributed by atoms with Crippen LogP contribution in [0.1, 0.15) is 49.7 Å². The predicted molar refractivity (Wildman–Crippen MR) is 98.0 cm³/mol. The zero-order valence-electron chi connectivity index (χ0n) is 16.4. The molecule has 0 radical (unpaired) electrons. The van der Waals surface area contributed by atoms with Crippen LogP contribution in [0.3, 0.4) is 0 Å². The van der Waals surface area contributed by atoms with E-state index in [0.717, 1.165) is 11.3 Å². The number of nitrogens with one attached hydrogen (secondary N) is 1. The molecule has 0 unspecified atom stereocenters. The maximum absolute atomic E-state index is 12.8. The number of carbonyl (C=O) groups is 2. The van der Waals surface area contributed by atoms with Gasteiger partial charge in [-0.1, -0.05) is 10.3 Å². The summed E-state index contributed by atoms with van der Waals surface area (Å²) in [4.78, 5) is 32.8. The average Bonchev–Trinajstić information content (AvgIpc) is 3.44. The summed E-state index contributed by atoms with van der Waals surface area (Å²) in [5.74, 6) is 1.25. The second-order valence-corrected chi connectivity index (χ2v) is 7.04. The van der Waals surface area contributed by atoms with E-state index in [0.29, 0.717) is 55.6 Å². The first-order valence-electron chi connectivity index (χ1n) is 9.25. The number of carbonyl (C=O) groups excluding carboxylic acids is 2. The highest BCUT2D eigenvalue weighted by molar-refractivity contribution is 5.95. The first kappa shape index (κ1) is 18.8. The molecule has 152 valence electrons. The van der Waals surface area contributed by atoms with Crippen LogP contribution < -0.4 is 0 Å². The Hall–Kier alpha value is -3.50. The zero-order chi connectivity index (χ0) is 20.5. The quantitative estimate of drug-likeness (QED) is 0.669. The highest BCUT2D eigenvalue weighted by atomic mass is 16.5. The number of H-pyrrole nitrogens is 1. The molecule has 4 heterocycles. The fourth-order valence-electron chi connectivity index (χ4n) is 3.29. The molecule has 0 atom stereocenters. The van der Waals surface area contributed by atoms with Crippen molar-refractivity contribution in [2.45, 2.75) is 33.2 Å². The van der Waals surface area contributed by atoms with Crippen molar-refractivity contribution in [2.24, 2.45) is 0 Å². The van der Waals surface area contributed by atoms with Crippen LogP contribution in [0.15, 0.2) is 15.1 Å². The van der Waals surface area contributed by atoms with Gasteiger partial charge in [-0.2, -0.15) is 10.1 Å². The minimum absolute atomic E-state index is 0.186. The van der Waals surface area contributed by atoms with Gasteiger partial charge in [0.05, 0.1) is 12.2 Å². The van der Waals surface area contributed by atoms with E-state index in [2.05, 4.69) is 25.5 Å². The van der Waals surface area contributed by atoms with Gasteiger partial charge in [0.2, 0.25) is 5.89 Å². The van der Waals surface area contributed by atoms with E-state index < -0.39 is 0 Å². The largest absolute Gasteiger partial charge is 0.361 e. The van der Waals surface area contributed by atoms with E-state index in [1.165, 1.54) is 0 Å². The Labute approximate surface area is 166 Å². The van der Waals surface area contributed by atoms with Crippen molar-refractivity contribution in [3.05, 3.63) is 46.2 Å². The highest BCUT2D eigenvalue weighted by Crippen LogP contribution is 2.22. The van der Waals surface area contributed by atoms with Crippen LogP contribution in [0.2, 0.25) is 0 Å². The first-order valence-corrected chi connectivity index (χ1v) is 9.25. The topological polar surface area (TPSA) is 134 Å². The van der Waals surface area contributed by atoms with Crippen molar-refractivity contribution >= 4 is 11.8 Å². The second-order valence-electron chi connectivity index (χ2n) is 7.04. The molecular formula is C18H21N7O4. The lowest BCUT2D eigenvalue weighted by Crippen LogP contribution is -2.37. The maximum Gasteiger partial charge on any atom is 0.276 e. The molecule has 2 amide bonds. The van der Waals surface area contributed by atoms with Gasteiger partial charge in [-0.25, -0.2) is 0 Å². The Bertz CT molecular complexity index is 1050. The molecule has 1 aliphatic heterocycles. The Morgan fingerprint density at radius 1 is 1.28 bits per heavy atom. The molecule has 0 spiro atoms. The molecule has 3 aromatic heterocycles. The van der Waals surface area contributed by atoms with Crippen LogP contribution in [0, 0.1) is 13.8 Å². The van der Waals surface area contributed by atoms with Gasteiger partial charge in [-0.05, 0) is 13.3 Å². The number of amides is 2. The Morgan fingerprint density at radius 3 is 2.79 bits per heavy atom. The van der Waals surface area contributed by atoms with Crippen LogP contribution in [-0.4, -0.2) is 67.2 Å². The van der Waals surface area contributed by atoms with Gasteiger partial charge in [0.25, 0.3) is 11.8 Å². The van der Waals surface area contributed by atoms with Crippen LogP contribution >= 0.6 is 0 Å².